The Labute approximate surface area is 132 Å². The van der Waals surface area contributed by atoms with Gasteiger partial charge in [-0.05, 0) is 18.2 Å². The molecule has 0 saturated heterocycles. The van der Waals surface area contributed by atoms with Gasteiger partial charge in [0.25, 0.3) is 17.7 Å². The molecular weight excluding hydrogens is 302 g/mol. The molecule has 0 fully saturated rings. The Balaban J connectivity index is 2.29. The fraction of sp³-hybridized carbons (Fsp3) is 0.267. The average molecular weight is 319 g/mol. The molecule has 0 unspecified atom stereocenters. The molecule has 0 aliphatic carbocycles. The van der Waals surface area contributed by atoms with E-state index in [9.17, 15) is 14.4 Å². The zero-order valence-electron chi connectivity index (χ0n) is 12.8. The van der Waals surface area contributed by atoms with Crippen LogP contribution in [0.5, 0.6) is 5.75 Å². The third kappa shape index (κ3) is 3.32. The summed E-state index contributed by atoms with van der Waals surface area (Å²) in [5.74, 6) is -0.927. The van der Waals surface area contributed by atoms with Crippen molar-refractivity contribution < 1.29 is 24.2 Å². The minimum Gasteiger partial charge on any atom is -0.495 e. The van der Waals surface area contributed by atoms with Crippen molar-refractivity contribution in [2.24, 2.45) is 0 Å². The summed E-state index contributed by atoms with van der Waals surface area (Å²) in [4.78, 5) is 36.5. The number of ether oxygens (including phenoxy) is 1. The topological polar surface area (TPSA) is 108 Å². The molecule has 1 heterocycles. The first-order valence-electron chi connectivity index (χ1n) is 6.87. The number of imide groups is 1. The minimum absolute atomic E-state index is 0.0517. The summed E-state index contributed by atoms with van der Waals surface area (Å²) in [5, 5.41) is 14.2. The second-order valence-electron chi connectivity index (χ2n) is 4.70. The van der Waals surface area contributed by atoms with E-state index < -0.39 is 11.8 Å². The summed E-state index contributed by atoms with van der Waals surface area (Å²) in [6.07, 6.45) is 1.14. The summed E-state index contributed by atoms with van der Waals surface area (Å²) in [6.45, 7) is -0.386. The van der Waals surface area contributed by atoms with Gasteiger partial charge in [0.15, 0.2) is 0 Å². The molecule has 1 aromatic carbocycles. The van der Waals surface area contributed by atoms with Crippen molar-refractivity contribution in [3.8, 4) is 5.75 Å². The van der Waals surface area contributed by atoms with Crippen LogP contribution in [0.3, 0.4) is 0 Å². The number of β-amino-alcohol motifs (C(OH)–C–C–N with tert-alkyl or cyclic N) is 1. The highest BCUT2D eigenvalue weighted by Gasteiger charge is 2.31. The van der Waals surface area contributed by atoms with E-state index in [-0.39, 0.29) is 24.8 Å². The number of rotatable bonds is 6. The van der Waals surface area contributed by atoms with Crippen molar-refractivity contribution in [2.45, 2.75) is 0 Å². The zero-order valence-corrected chi connectivity index (χ0v) is 12.8. The van der Waals surface area contributed by atoms with Crippen molar-refractivity contribution in [3.05, 3.63) is 35.5 Å². The Morgan fingerprint density at radius 1 is 1.35 bits per heavy atom. The van der Waals surface area contributed by atoms with E-state index in [2.05, 4.69) is 10.6 Å². The van der Waals surface area contributed by atoms with Crippen molar-refractivity contribution in [3.63, 3.8) is 0 Å². The third-order valence-electron chi connectivity index (χ3n) is 3.29. The number of carbonyl (C=O) groups excluding carboxylic acids is 3. The summed E-state index contributed by atoms with van der Waals surface area (Å²) in [7, 11) is 2.96. The van der Waals surface area contributed by atoms with Crippen molar-refractivity contribution >= 4 is 23.4 Å². The van der Waals surface area contributed by atoms with Gasteiger partial charge in [-0.2, -0.15) is 0 Å². The second kappa shape index (κ2) is 6.93. The van der Waals surface area contributed by atoms with E-state index in [4.69, 9.17) is 9.84 Å². The highest BCUT2D eigenvalue weighted by atomic mass is 16.5. The molecule has 1 aliphatic rings. The number of benzene rings is 1. The maximum Gasteiger partial charge on any atom is 0.277 e. The predicted octanol–water partition coefficient (Wildman–Crippen LogP) is -0.288. The highest BCUT2D eigenvalue weighted by molar-refractivity contribution is 6.17. The number of hydrogen-bond donors (Lipinski definition) is 3. The van der Waals surface area contributed by atoms with E-state index in [1.165, 1.54) is 20.2 Å². The number of nitrogens with zero attached hydrogens (tertiary/aromatic N) is 1. The Morgan fingerprint density at radius 2 is 2.09 bits per heavy atom. The molecule has 0 saturated carbocycles. The summed E-state index contributed by atoms with van der Waals surface area (Å²) in [5.41, 5.74) is 0.808. The van der Waals surface area contributed by atoms with Gasteiger partial charge in [0, 0.05) is 18.7 Å². The monoisotopic (exact) mass is 319 g/mol. The third-order valence-corrected chi connectivity index (χ3v) is 3.29. The Hall–Kier alpha value is -2.87. The van der Waals surface area contributed by atoms with Gasteiger partial charge in [-0.1, -0.05) is 0 Å². The van der Waals surface area contributed by atoms with Crippen LogP contribution in [0, 0.1) is 0 Å². The van der Waals surface area contributed by atoms with Crippen LogP contribution in [-0.4, -0.2) is 55.0 Å². The number of nitrogens with one attached hydrogen (secondary N) is 2. The summed E-state index contributed by atoms with van der Waals surface area (Å²) < 4.78 is 5.19. The quantitative estimate of drug-likeness (QED) is 0.622. The van der Waals surface area contributed by atoms with Crippen molar-refractivity contribution in [1.82, 2.24) is 10.2 Å². The van der Waals surface area contributed by atoms with Crippen LogP contribution in [0.15, 0.2) is 30.0 Å². The van der Waals surface area contributed by atoms with Crippen molar-refractivity contribution in [2.75, 3.05) is 32.6 Å². The number of methoxy groups -OCH3 is 1. The lowest BCUT2D eigenvalue weighted by Gasteiger charge is -2.15. The minimum atomic E-state index is -0.545. The zero-order chi connectivity index (χ0) is 17.0. The fourth-order valence-corrected chi connectivity index (χ4v) is 2.15. The number of hydrogen-bond acceptors (Lipinski definition) is 6. The normalized spacial score (nSPS) is 13.9. The molecule has 0 bridgehead atoms. The highest BCUT2D eigenvalue weighted by Crippen LogP contribution is 2.28. The van der Waals surface area contributed by atoms with Gasteiger partial charge in [0.2, 0.25) is 0 Å². The maximum atomic E-state index is 12.1. The van der Waals surface area contributed by atoms with Crippen LogP contribution < -0.4 is 15.4 Å². The first kappa shape index (κ1) is 16.5. The molecular formula is C15H17N3O5. The molecule has 8 nitrogen and oxygen atoms in total. The fourth-order valence-electron chi connectivity index (χ4n) is 2.15. The molecule has 0 atom stereocenters. The van der Waals surface area contributed by atoms with Gasteiger partial charge < -0.3 is 20.5 Å². The van der Waals surface area contributed by atoms with E-state index in [0.29, 0.717) is 17.0 Å². The smallest absolute Gasteiger partial charge is 0.277 e. The van der Waals surface area contributed by atoms with Gasteiger partial charge in [0.05, 0.1) is 25.9 Å². The van der Waals surface area contributed by atoms with E-state index in [1.807, 2.05) is 0 Å². The van der Waals surface area contributed by atoms with Gasteiger partial charge in [-0.15, -0.1) is 0 Å². The summed E-state index contributed by atoms with van der Waals surface area (Å²) >= 11 is 0. The van der Waals surface area contributed by atoms with E-state index in [1.54, 1.807) is 12.1 Å². The molecule has 8 heteroatoms. The lowest BCUT2D eigenvalue weighted by Crippen LogP contribution is -2.34. The van der Waals surface area contributed by atoms with Gasteiger partial charge in [-0.3, -0.25) is 19.3 Å². The molecule has 3 amide bonds. The lowest BCUT2D eigenvalue weighted by molar-refractivity contribution is -0.137. The van der Waals surface area contributed by atoms with Gasteiger partial charge in [-0.25, -0.2) is 0 Å². The SMILES string of the molecule is CNC(=O)c1ccc(OC)c(NC2=CC(=O)N(CCO)C2=O)c1. The van der Waals surface area contributed by atoms with Crippen molar-refractivity contribution in [1.29, 1.82) is 0 Å². The number of carbonyl (C=O) groups is 3. The van der Waals surface area contributed by atoms with Crippen LogP contribution in [0.4, 0.5) is 5.69 Å². The van der Waals surface area contributed by atoms with Crippen LogP contribution in [0.2, 0.25) is 0 Å². The molecule has 0 radical (unpaired) electrons. The van der Waals surface area contributed by atoms with Gasteiger partial charge in [0.1, 0.15) is 11.4 Å². The molecule has 0 spiro atoms. The number of anilines is 1. The molecule has 23 heavy (non-hydrogen) atoms. The number of aliphatic hydroxyl groups is 1. The molecule has 3 N–H and O–H groups in total. The molecule has 0 aromatic heterocycles. The second-order valence-corrected chi connectivity index (χ2v) is 4.70. The Morgan fingerprint density at radius 3 is 2.70 bits per heavy atom. The largest absolute Gasteiger partial charge is 0.495 e. The predicted molar refractivity (Wildman–Crippen MR) is 81.9 cm³/mol. The maximum absolute atomic E-state index is 12.1. The standard InChI is InChI=1S/C15H17N3O5/c1-16-14(21)9-3-4-12(23-2)10(7-9)17-11-8-13(20)18(5-6-19)15(11)22/h3-4,7-8,17,19H,5-6H2,1-2H3,(H,16,21). The average Bonchev–Trinajstić information content (AvgIpc) is 2.82. The van der Waals surface area contributed by atoms with Crippen LogP contribution in [0.25, 0.3) is 0 Å². The van der Waals surface area contributed by atoms with E-state index in [0.717, 1.165) is 11.0 Å². The Kier molecular flexibility index (Phi) is 4.97. The Bertz CT molecular complexity index is 684. The molecule has 1 aromatic rings. The van der Waals surface area contributed by atoms with E-state index >= 15 is 0 Å². The summed E-state index contributed by atoms with van der Waals surface area (Å²) in [6, 6.07) is 4.68. The number of amides is 3. The number of aliphatic hydroxyl groups excluding tert-OH is 1. The van der Waals surface area contributed by atoms with Crippen LogP contribution in [-0.2, 0) is 9.59 Å². The van der Waals surface area contributed by atoms with Crippen LogP contribution >= 0.6 is 0 Å². The molecule has 122 valence electrons. The first-order chi connectivity index (χ1) is 11.0. The van der Waals surface area contributed by atoms with Crippen LogP contribution in [0.1, 0.15) is 10.4 Å². The lowest BCUT2D eigenvalue weighted by atomic mass is 10.1. The molecule has 1 aliphatic heterocycles. The first-order valence-corrected chi connectivity index (χ1v) is 6.87. The molecule has 2 rings (SSSR count). The van der Waals surface area contributed by atoms with Gasteiger partial charge >= 0.3 is 0 Å².